The predicted molar refractivity (Wildman–Crippen MR) is 178 cm³/mol. The minimum atomic E-state index is -1.92. The van der Waals surface area contributed by atoms with Gasteiger partial charge in [0, 0.05) is 25.8 Å². The molecule has 0 saturated heterocycles. The zero-order chi connectivity index (χ0) is 36.3. The Morgan fingerprint density at radius 3 is 2.51 bits per heavy atom. The Balaban J connectivity index is 2.28. The van der Waals surface area contributed by atoms with Gasteiger partial charge in [-0.15, -0.1) is 0 Å². The lowest BCUT2D eigenvalue weighted by Gasteiger charge is -2.33. The Morgan fingerprint density at radius 2 is 1.80 bits per heavy atom. The van der Waals surface area contributed by atoms with Crippen LogP contribution in [-0.4, -0.2) is 92.6 Å². The standard InChI is InChI=1S/C35H50N2O12/c1-5-6-7-8-9-13-30(42)46-20-19-25(39)16-18-28(41)33-34(49-35(45)36-24(4)38)32(44)27(40)17-15-22(2)21-29-37-26(23(3)47-29)12-10-11-14-31(43)48-33/h10-12,14,16,18,21,25,27-28,32-34,39-41,44H,5-9,13,15,17,19-20H2,1-4H3,(H,36,38,45)/b12-10+,14-11-,18-16+,22-21-/t25?,27-,28+,32+,33+,34-/m1/s1. The molecule has 1 aliphatic heterocycles. The van der Waals surface area contributed by atoms with Crippen LogP contribution in [0.25, 0.3) is 12.2 Å². The number of allylic oxidation sites excluding steroid dienone is 3. The van der Waals surface area contributed by atoms with Gasteiger partial charge in [0.1, 0.15) is 23.7 Å². The average molecular weight is 691 g/mol. The molecule has 6 atom stereocenters. The van der Waals surface area contributed by atoms with Gasteiger partial charge >= 0.3 is 18.0 Å². The van der Waals surface area contributed by atoms with Crippen LogP contribution in [-0.2, 0) is 28.6 Å². The number of hydrogen-bond donors (Lipinski definition) is 5. The van der Waals surface area contributed by atoms with Crippen LogP contribution in [0.5, 0.6) is 0 Å². The first-order valence-corrected chi connectivity index (χ1v) is 16.5. The summed E-state index contributed by atoms with van der Waals surface area (Å²) in [5.41, 5.74) is 1.24. The predicted octanol–water partition coefficient (Wildman–Crippen LogP) is 3.60. The van der Waals surface area contributed by atoms with Crippen molar-refractivity contribution >= 4 is 36.1 Å². The zero-order valence-corrected chi connectivity index (χ0v) is 28.6. The van der Waals surface area contributed by atoms with Crippen LogP contribution in [0.3, 0.4) is 0 Å². The van der Waals surface area contributed by atoms with Crippen LogP contribution in [0.15, 0.2) is 40.4 Å². The van der Waals surface area contributed by atoms with Crippen molar-refractivity contribution in [2.24, 2.45) is 0 Å². The second-order valence-electron chi connectivity index (χ2n) is 11.9. The number of cyclic esters (lactones) is 1. The highest BCUT2D eigenvalue weighted by Crippen LogP contribution is 2.23. The van der Waals surface area contributed by atoms with E-state index in [1.165, 1.54) is 12.2 Å². The van der Waals surface area contributed by atoms with E-state index in [2.05, 4.69) is 11.9 Å². The van der Waals surface area contributed by atoms with E-state index in [1.807, 2.05) is 5.32 Å². The number of aliphatic hydroxyl groups is 4. The molecule has 1 aliphatic rings. The molecule has 0 radical (unpaired) electrons. The maximum atomic E-state index is 12.9. The SMILES string of the molecule is CCCCCCCC(=O)OCCC(O)/C=C/[C@H](O)[C@@H]1OC(=O)/C=C\C=C\c2nc(oc2C)/C=C(/C)CC[C@@H](O)[C@H](O)[C@H]1OC(=O)NC(C)=O. The summed E-state index contributed by atoms with van der Waals surface area (Å²) in [5, 5.41) is 45.6. The van der Waals surface area contributed by atoms with Crippen LogP contribution >= 0.6 is 0 Å². The lowest BCUT2D eigenvalue weighted by atomic mass is 9.94. The lowest BCUT2D eigenvalue weighted by Crippen LogP contribution is -2.53. The molecule has 2 bridgehead atoms. The summed E-state index contributed by atoms with van der Waals surface area (Å²) in [6.07, 6.45) is 3.08. The first-order chi connectivity index (χ1) is 23.3. The van der Waals surface area contributed by atoms with Crippen LogP contribution in [0.1, 0.15) is 95.9 Å². The van der Waals surface area contributed by atoms with Gasteiger partial charge in [-0.25, -0.2) is 14.6 Å². The van der Waals surface area contributed by atoms with Gasteiger partial charge in [0.2, 0.25) is 11.8 Å². The fourth-order valence-corrected chi connectivity index (χ4v) is 4.79. The van der Waals surface area contributed by atoms with Gasteiger partial charge in [0.25, 0.3) is 0 Å². The molecule has 14 nitrogen and oxygen atoms in total. The smallest absolute Gasteiger partial charge is 0.414 e. The summed E-state index contributed by atoms with van der Waals surface area (Å²) in [6, 6.07) is 0. The van der Waals surface area contributed by atoms with E-state index in [4.69, 9.17) is 18.6 Å². The summed E-state index contributed by atoms with van der Waals surface area (Å²) in [6.45, 7) is 6.54. The molecule has 0 aromatic carbocycles. The molecule has 272 valence electrons. The van der Waals surface area contributed by atoms with Crippen molar-refractivity contribution in [1.82, 2.24) is 10.3 Å². The fourth-order valence-electron chi connectivity index (χ4n) is 4.79. The third-order valence-electron chi connectivity index (χ3n) is 7.51. The molecule has 14 heteroatoms. The van der Waals surface area contributed by atoms with E-state index in [0.717, 1.165) is 56.4 Å². The third-order valence-corrected chi connectivity index (χ3v) is 7.51. The number of ether oxygens (including phenoxy) is 3. The number of imide groups is 1. The van der Waals surface area contributed by atoms with E-state index >= 15 is 0 Å². The van der Waals surface area contributed by atoms with Gasteiger partial charge in [-0.1, -0.05) is 62.5 Å². The fraction of sp³-hybridized carbons (Fsp3) is 0.571. The molecular formula is C35H50N2O12. The van der Waals surface area contributed by atoms with Crippen LogP contribution in [0, 0.1) is 6.92 Å². The quantitative estimate of drug-likeness (QED) is 0.0867. The van der Waals surface area contributed by atoms with E-state index in [9.17, 15) is 39.6 Å². The number of fused-ring (bicyclic) bond motifs is 2. The highest BCUT2D eigenvalue weighted by molar-refractivity contribution is 5.90. The Hall–Kier alpha value is -4.11. The number of amides is 2. The van der Waals surface area contributed by atoms with Crippen molar-refractivity contribution in [3.05, 3.63) is 53.3 Å². The molecule has 0 aliphatic carbocycles. The van der Waals surface area contributed by atoms with Crippen LogP contribution in [0.2, 0.25) is 0 Å². The van der Waals surface area contributed by atoms with Crippen molar-refractivity contribution < 1.29 is 58.2 Å². The zero-order valence-electron chi connectivity index (χ0n) is 28.6. The molecule has 2 rings (SSSR count). The Labute approximate surface area is 286 Å². The van der Waals surface area contributed by atoms with Gasteiger partial charge in [-0.2, -0.15) is 0 Å². The first-order valence-electron chi connectivity index (χ1n) is 16.5. The summed E-state index contributed by atoms with van der Waals surface area (Å²) < 4.78 is 21.5. The van der Waals surface area contributed by atoms with Crippen molar-refractivity contribution in [2.75, 3.05) is 6.61 Å². The largest absolute Gasteiger partial charge is 0.466 e. The monoisotopic (exact) mass is 690 g/mol. The summed E-state index contributed by atoms with van der Waals surface area (Å²) >= 11 is 0. The highest BCUT2D eigenvalue weighted by atomic mass is 16.6. The normalized spacial score (nSPS) is 24.1. The van der Waals surface area contributed by atoms with E-state index in [-0.39, 0.29) is 38.3 Å². The molecule has 49 heavy (non-hydrogen) atoms. The molecule has 2 heterocycles. The number of carbonyl (C=O) groups excluding carboxylic acids is 4. The van der Waals surface area contributed by atoms with Gasteiger partial charge in [-0.05, 0) is 45.3 Å². The molecule has 0 spiro atoms. The van der Waals surface area contributed by atoms with Gasteiger partial charge in [-0.3, -0.25) is 14.9 Å². The minimum absolute atomic E-state index is 0.00808. The number of esters is 2. The van der Waals surface area contributed by atoms with E-state index < -0.39 is 54.6 Å². The lowest BCUT2D eigenvalue weighted by molar-refractivity contribution is -0.170. The Morgan fingerprint density at radius 1 is 1.08 bits per heavy atom. The Kier molecular flexibility index (Phi) is 18.2. The van der Waals surface area contributed by atoms with Gasteiger partial charge in [0.15, 0.2) is 12.2 Å². The second-order valence-corrected chi connectivity index (χ2v) is 11.9. The van der Waals surface area contributed by atoms with Gasteiger partial charge in [0.05, 0.1) is 18.8 Å². The number of aromatic nitrogens is 1. The van der Waals surface area contributed by atoms with E-state index in [0.29, 0.717) is 23.8 Å². The molecule has 1 unspecified atom stereocenters. The summed E-state index contributed by atoms with van der Waals surface area (Å²) in [5.74, 6) is -1.36. The minimum Gasteiger partial charge on any atom is -0.466 e. The highest BCUT2D eigenvalue weighted by Gasteiger charge is 2.41. The summed E-state index contributed by atoms with van der Waals surface area (Å²) in [4.78, 5) is 53.2. The van der Waals surface area contributed by atoms with Crippen LogP contribution in [0.4, 0.5) is 4.79 Å². The number of alkyl carbamates (subject to hydrolysis) is 1. The second kappa shape index (κ2) is 21.8. The summed E-state index contributed by atoms with van der Waals surface area (Å²) in [7, 11) is 0. The average Bonchev–Trinajstić information content (AvgIpc) is 3.39. The molecule has 5 N–H and O–H groups in total. The maximum absolute atomic E-state index is 12.9. The van der Waals surface area contributed by atoms with Crippen molar-refractivity contribution in [2.45, 2.75) is 122 Å². The number of hydrogen-bond acceptors (Lipinski definition) is 13. The molecular weight excluding hydrogens is 640 g/mol. The number of aliphatic hydroxyl groups excluding tert-OH is 4. The van der Waals surface area contributed by atoms with Crippen molar-refractivity contribution in [3.63, 3.8) is 0 Å². The number of nitrogens with zero attached hydrogens (tertiary/aromatic N) is 1. The number of rotatable bonds is 13. The molecule has 1 aromatic rings. The topological polar surface area (TPSA) is 215 Å². The molecule has 0 fully saturated rings. The van der Waals surface area contributed by atoms with Crippen LogP contribution < -0.4 is 5.32 Å². The van der Waals surface area contributed by atoms with Crippen molar-refractivity contribution in [3.8, 4) is 0 Å². The van der Waals surface area contributed by atoms with E-state index in [1.54, 1.807) is 26.0 Å². The molecule has 1 aromatic heterocycles. The first kappa shape index (κ1) is 41.1. The molecule has 2 amide bonds. The number of aryl methyl sites for hydroxylation is 1. The maximum Gasteiger partial charge on any atom is 0.414 e. The van der Waals surface area contributed by atoms with Gasteiger partial charge < -0.3 is 39.1 Å². The Bertz CT molecular complexity index is 1350. The number of nitrogens with one attached hydrogen (secondary N) is 1. The number of carbonyl (C=O) groups is 4. The number of oxazole rings is 1. The number of unbranched alkanes of at least 4 members (excludes halogenated alkanes) is 4. The molecule has 0 saturated carbocycles. The third kappa shape index (κ3) is 15.8. The van der Waals surface area contributed by atoms with Crippen molar-refractivity contribution in [1.29, 1.82) is 0 Å².